The molecular weight excluding hydrogens is 436 g/mol. The van der Waals surface area contributed by atoms with Crippen LogP contribution in [0.3, 0.4) is 0 Å². The fraction of sp³-hybridized carbons (Fsp3) is 0.444. The van der Waals surface area contributed by atoms with E-state index in [4.69, 9.17) is 18.9 Å². The number of ether oxygens (including phenoxy) is 4. The van der Waals surface area contributed by atoms with Gasteiger partial charge in [-0.2, -0.15) is 0 Å². The Kier molecular flexibility index (Phi) is 8.10. The number of carbonyl (C=O) groups excluding carboxylic acids is 3. The normalized spacial score (nSPS) is 24.2. The van der Waals surface area contributed by atoms with Gasteiger partial charge in [-0.25, -0.2) is 0 Å². The van der Waals surface area contributed by atoms with E-state index in [2.05, 4.69) is 44.2 Å². The summed E-state index contributed by atoms with van der Waals surface area (Å²) in [7, 11) is 0. The Labute approximate surface area is 200 Å². The van der Waals surface area contributed by atoms with Gasteiger partial charge in [-0.05, 0) is 42.5 Å². The van der Waals surface area contributed by atoms with Crippen molar-refractivity contribution in [2.75, 3.05) is 0 Å². The van der Waals surface area contributed by atoms with Gasteiger partial charge in [-0.1, -0.05) is 55.0 Å². The number of carbonyl (C=O) groups is 3. The standard InChI is InChI=1S/C27H32O7/c1-15-7-10-21(11-8-15)13-23-14-22(12-9-16(23)2)24-17(3)25(31-18(4)28)26(32-19(5)29)27(34-24)33-20(6)30/h7-12,14,17,24-27H,13H2,1-6H3/t17-,24+,25+,26-,27-/m0/s1. The first-order valence-corrected chi connectivity index (χ1v) is 11.4. The summed E-state index contributed by atoms with van der Waals surface area (Å²) in [5, 5.41) is 0. The van der Waals surface area contributed by atoms with Crippen molar-refractivity contribution < 1.29 is 33.3 Å². The number of hydrogen-bond donors (Lipinski definition) is 0. The molecule has 34 heavy (non-hydrogen) atoms. The molecule has 1 fully saturated rings. The van der Waals surface area contributed by atoms with Crippen LogP contribution in [0.1, 0.15) is 61.6 Å². The quantitative estimate of drug-likeness (QED) is 0.460. The van der Waals surface area contributed by atoms with Crippen LogP contribution < -0.4 is 0 Å². The molecule has 0 aliphatic carbocycles. The molecular formula is C27H32O7. The second-order valence-corrected chi connectivity index (χ2v) is 8.89. The molecule has 1 saturated heterocycles. The van der Waals surface area contributed by atoms with E-state index >= 15 is 0 Å². The molecule has 1 aliphatic rings. The molecule has 2 aromatic carbocycles. The van der Waals surface area contributed by atoms with E-state index in [0.29, 0.717) is 0 Å². The molecule has 0 bridgehead atoms. The van der Waals surface area contributed by atoms with E-state index in [9.17, 15) is 14.4 Å². The van der Waals surface area contributed by atoms with Crippen LogP contribution >= 0.6 is 0 Å². The molecule has 7 nitrogen and oxygen atoms in total. The van der Waals surface area contributed by atoms with Gasteiger partial charge in [0, 0.05) is 26.7 Å². The molecule has 0 amide bonds. The maximum atomic E-state index is 11.9. The first-order valence-electron chi connectivity index (χ1n) is 11.4. The van der Waals surface area contributed by atoms with Crippen LogP contribution in [0.4, 0.5) is 0 Å². The molecule has 1 aliphatic heterocycles. The summed E-state index contributed by atoms with van der Waals surface area (Å²) in [4.78, 5) is 35.4. The van der Waals surface area contributed by atoms with E-state index in [1.54, 1.807) is 0 Å². The zero-order valence-corrected chi connectivity index (χ0v) is 20.5. The monoisotopic (exact) mass is 468 g/mol. The minimum absolute atomic E-state index is 0.380. The summed E-state index contributed by atoms with van der Waals surface area (Å²) < 4.78 is 22.5. The van der Waals surface area contributed by atoms with Gasteiger partial charge in [0.25, 0.3) is 0 Å². The maximum absolute atomic E-state index is 11.9. The highest BCUT2D eigenvalue weighted by molar-refractivity contribution is 5.68. The predicted octanol–water partition coefficient (Wildman–Crippen LogP) is 4.35. The lowest BCUT2D eigenvalue weighted by atomic mass is 9.85. The Bertz CT molecular complexity index is 1040. The minimum Gasteiger partial charge on any atom is -0.458 e. The van der Waals surface area contributed by atoms with Crippen molar-refractivity contribution in [2.24, 2.45) is 5.92 Å². The molecule has 0 saturated carbocycles. The highest BCUT2D eigenvalue weighted by Crippen LogP contribution is 2.40. The van der Waals surface area contributed by atoms with Crippen molar-refractivity contribution in [1.82, 2.24) is 0 Å². The summed E-state index contributed by atoms with van der Waals surface area (Å²) in [5.41, 5.74) is 5.52. The van der Waals surface area contributed by atoms with E-state index < -0.39 is 42.5 Å². The smallest absolute Gasteiger partial charge is 0.305 e. The van der Waals surface area contributed by atoms with Gasteiger partial charge in [-0.3, -0.25) is 14.4 Å². The highest BCUT2D eigenvalue weighted by atomic mass is 16.7. The number of aryl methyl sites for hydroxylation is 2. The van der Waals surface area contributed by atoms with Crippen LogP contribution in [0.15, 0.2) is 42.5 Å². The molecule has 7 heteroatoms. The van der Waals surface area contributed by atoms with Crippen LogP contribution in [0.2, 0.25) is 0 Å². The Morgan fingerprint density at radius 3 is 2.00 bits per heavy atom. The summed E-state index contributed by atoms with van der Waals surface area (Å²) >= 11 is 0. The number of benzene rings is 2. The van der Waals surface area contributed by atoms with Gasteiger partial charge in [0.05, 0.1) is 6.10 Å². The SMILES string of the molecule is CC(=O)O[C@H]1O[C@@H](c2ccc(C)c(Cc3ccc(C)cc3)c2)[C@H](C)[C@@H](OC(C)=O)[C@@H]1OC(C)=O. The lowest BCUT2D eigenvalue weighted by molar-refractivity contribution is -0.283. The first kappa shape index (κ1) is 25.4. The third-order valence-corrected chi connectivity index (χ3v) is 5.97. The van der Waals surface area contributed by atoms with Crippen molar-refractivity contribution in [3.8, 4) is 0 Å². The zero-order chi connectivity index (χ0) is 25.0. The summed E-state index contributed by atoms with van der Waals surface area (Å²) in [6.45, 7) is 9.74. The molecule has 2 aromatic rings. The lowest BCUT2D eigenvalue weighted by Crippen LogP contribution is -2.55. The molecule has 5 atom stereocenters. The third kappa shape index (κ3) is 6.23. The van der Waals surface area contributed by atoms with E-state index in [-0.39, 0.29) is 5.92 Å². The second-order valence-electron chi connectivity index (χ2n) is 8.89. The van der Waals surface area contributed by atoms with Crippen LogP contribution in [0, 0.1) is 19.8 Å². The second kappa shape index (κ2) is 10.8. The summed E-state index contributed by atoms with van der Waals surface area (Å²) in [6, 6.07) is 14.4. The summed E-state index contributed by atoms with van der Waals surface area (Å²) in [5.74, 6) is -2.10. The van der Waals surface area contributed by atoms with Crippen LogP contribution in [0.5, 0.6) is 0 Å². The number of hydrogen-bond acceptors (Lipinski definition) is 7. The first-order chi connectivity index (χ1) is 16.0. The van der Waals surface area contributed by atoms with Gasteiger partial charge in [0.1, 0.15) is 0 Å². The average molecular weight is 469 g/mol. The van der Waals surface area contributed by atoms with Crippen molar-refractivity contribution in [2.45, 2.75) is 72.6 Å². The van der Waals surface area contributed by atoms with Gasteiger partial charge >= 0.3 is 17.9 Å². The Hall–Kier alpha value is -3.19. The average Bonchev–Trinajstić information content (AvgIpc) is 2.75. The molecule has 1 heterocycles. The fourth-order valence-electron chi connectivity index (χ4n) is 4.28. The van der Waals surface area contributed by atoms with Crippen molar-refractivity contribution >= 4 is 17.9 Å². The molecule has 0 aromatic heterocycles. The van der Waals surface area contributed by atoms with E-state index in [1.807, 2.05) is 19.1 Å². The van der Waals surface area contributed by atoms with Crippen LogP contribution in [-0.2, 0) is 39.8 Å². The fourth-order valence-corrected chi connectivity index (χ4v) is 4.28. The van der Waals surface area contributed by atoms with Crippen molar-refractivity contribution in [3.05, 3.63) is 70.3 Å². The largest absolute Gasteiger partial charge is 0.458 e. The van der Waals surface area contributed by atoms with Gasteiger partial charge < -0.3 is 18.9 Å². The zero-order valence-electron chi connectivity index (χ0n) is 20.5. The Balaban J connectivity index is 1.96. The topological polar surface area (TPSA) is 88.1 Å². The Morgan fingerprint density at radius 1 is 0.824 bits per heavy atom. The highest BCUT2D eigenvalue weighted by Gasteiger charge is 2.50. The number of rotatable bonds is 6. The predicted molar refractivity (Wildman–Crippen MR) is 125 cm³/mol. The summed E-state index contributed by atoms with van der Waals surface area (Å²) in [6.07, 6.45) is -2.95. The van der Waals surface area contributed by atoms with E-state index in [1.165, 1.54) is 31.9 Å². The van der Waals surface area contributed by atoms with Gasteiger partial charge in [0.2, 0.25) is 12.4 Å². The van der Waals surface area contributed by atoms with E-state index in [0.717, 1.165) is 23.1 Å². The minimum atomic E-state index is -1.21. The maximum Gasteiger partial charge on any atom is 0.305 e. The van der Waals surface area contributed by atoms with Crippen LogP contribution in [0.25, 0.3) is 0 Å². The lowest BCUT2D eigenvalue weighted by Gasteiger charge is -2.43. The number of esters is 3. The van der Waals surface area contributed by atoms with Gasteiger partial charge in [-0.15, -0.1) is 0 Å². The third-order valence-electron chi connectivity index (χ3n) is 5.97. The molecule has 0 spiro atoms. The Morgan fingerprint density at radius 2 is 1.41 bits per heavy atom. The molecule has 0 unspecified atom stereocenters. The molecule has 3 rings (SSSR count). The molecule has 182 valence electrons. The van der Waals surface area contributed by atoms with Crippen molar-refractivity contribution in [3.63, 3.8) is 0 Å². The molecule has 0 radical (unpaired) electrons. The van der Waals surface area contributed by atoms with Crippen molar-refractivity contribution in [1.29, 1.82) is 0 Å². The van der Waals surface area contributed by atoms with Crippen LogP contribution in [-0.4, -0.2) is 36.4 Å². The molecule has 0 N–H and O–H groups in total. The van der Waals surface area contributed by atoms with Gasteiger partial charge in [0.15, 0.2) is 6.10 Å².